The Kier molecular flexibility index (Phi) is 3.98. The summed E-state index contributed by atoms with van der Waals surface area (Å²) in [5.41, 5.74) is -2.86. The van der Waals surface area contributed by atoms with E-state index in [9.17, 15) is 26.7 Å². The number of halogens is 5. The molecule has 0 amide bonds. The van der Waals surface area contributed by atoms with Crippen molar-refractivity contribution in [1.29, 1.82) is 0 Å². The van der Waals surface area contributed by atoms with E-state index in [1.165, 1.54) is 0 Å². The van der Waals surface area contributed by atoms with Crippen molar-refractivity contribution in [2.45, 2.75) is 0 Å². The first-order valence-corrected chi connectivity index (χ1v) is 5.58. The van der Waals surface area contributed by atoms with E-state index < -0.39 is 51.7 Å². The number of ether oxygens (including phenoxy) is 1. The van der Waals surface area contributed by atoms with Crippen molar-refractivity contribution in [2.75, 3.05) is 7.11 Å². The van der Waals surface area contributed by atoms with Gasteiger partial charge in [0.05, 0.1) is 18.2 Å². The fraction of sp³-hybridized carbons (Fsp3) is 0.0769. The number of hydrogen-bond donors (Lipinski definition) is 1. The maximum Gasteiger partial charge on any atom is 0.336 e. The van der Waals surface area contributed by atoms with E-state index in [4.69, 9.17) is 5.11 Å². The minimum atomic E-state index is -2.34. The molecule has 116 valence electrons. The number of benzene rings is 1. The number of carbonyl (C=O) groups is 1. The molecule has 0 unspecified atom stereocenters. The molecule has 1 aromatic heterocycles. The lowest BCUT2D eigenvalue weighted by atomic mass is 10.00. The van der Waals surface area contributed by atoms with Crippen LogP contribution in [0.15, 0.2) is 12.3 Å². The molecule has 0 bridgehead atoms. The average Bonchev–Trinajstić information content (AvgIpc) is 2.51. The standard InChI is InChI=1S/C13H6F5NO3/c1-22-6-2-4(13(20)21)5(3-19-6)7-8(14)10(16)12(18)11(17)9(7)15/h2-3H,1H3,(H,20,21). The monoisotopic (exact) mass is 319 g/mol. The summed E-state index contributed by atoms with van der Waals surface area (Å²) in [7, 11) is 1.16. The minimum absolute atomic E-state index is 0.204. The van der Waals surface area contributed by atoms with Gasteiger partial charge in [-0.05, 0) is 0 Å². The molecule has 0 atom stereocenters. The zero-order chi connectivity index (χ0) is 16.6. The second-order valence-electron chi connectivity index (χ2n) is 4.02. The molecule has 1 heterocycles. The van der Waals surface area contributed by atoms with E-state index in [1.54, 1.807) is 0 Å². The highest BCUT2D eigenvalue weighted by atomic mass is 19.2. The summed E-state index contributed by atoms with van der Waals surface area (Å²) >= 11 is 0. The van der Waals surface area contributed by atoms with Crippen LogP contribution in [0.25, 0.3) is 11.1 Å². The molecule has 0 aliphatic rings. The number of aromatic nitrogens is 1. The smallest absolute Gasteiger partial charge is 0.336 e. The summed E-state index contributed by atoms with van der Waals surface area (Å²) < 4.78 is 71.6. The Balaban J connectivity index is 2.86. The Morgan fingerprint density at radius 3 is 2.00 bits per heavy atom. The molecule has 2 aromatic rings. The third-order valence-corrected chi connectivity index (χ3v) is 2.80. The number of rotatable bonds is 3. The predicted octanol–water partition coefficient (Wildman–Crippen LogP) is 3.15. The molecule has 22 heavy (non-hydrogen) atoms. The lowest BCUT2D eigenvalue weighted by Gasteiger charge is -2.11. The van der Waals surface area contributed by atoms with E-state index in [1.807, 2.05) is 0 Å². The fourth-order valence-corrected chi connectivity index (χ4v) is 1.77. The third kappa shape index (κ3) is 2.34. The number of aromatic carboxylic acids is 1. The summed E-state index contributed by atoms with van der Waals surface area (Å²) in [5, 5.41) is 9.03. The van der Waals surface area contributed by atoms with Gasteiger partial charge in [-0.3, -0.25) is 0 Å². The van der Waals surface area contributed by atoms with Crippen LogP contribution in [0.3, 0.4) is 0 Å². The van der Waals surface area contributed by atoms with Gasteiger partial charge < -0.3 is 9.84 Å². The molecule has 0 saturated carbocycles. The van der Waals surface area contributed by atoms with Gasteiger partial charge in [-0.1, -0.05) is 0 Å². The lowest BCUT2D eigenvalue weighted by Crippen LogP contribution is -2.08. The van der Waals surface area contributed by atoms with Crippen LogP contribution in [-0.4, -0.2) is 23.2 Å². The fourth-order valence-electron chi connectivity index (χ4n) is 1.77. The minimum Gasteiger partial charge on any atom is -0.481 e. The maximum atomic E-state index is 13.7. The highest BCUT2D eigenvalue weighted by molar-refractivity contribution is 5.96. The van der Waals surface area contributed by atoms with Gasteiger partial charge in [0.2, 0.25) is 11.7 Å². The summed E-state index contributed by atoms with van der Waals surface area (Å²) in [6.45, 7) is 0. The Labute approximate surface area is 119 Å². The van der Waals surface area contributed by atoms with E-state index in [2.05, 4.69) is 9.72 Å². The Bertz CT molecular complexity index is 750. The molecule has 0 aliphatic heterocycles. The Hall–Kier alpha value is -2.71. The van der Waals surface area contributed by atoms with Crippen molar-refractivity contribution >= 4 is 5.97 Å². The van der Waals surface area contributed by atoms with Gasteiger partial charge in [-0.25, -0.2) is 31.7 Å². The van der Waals surface area contributed by atoms with Crippen LogP contribution >= 0.6 is 0 Å². The zero-order valence-electron chi connectivity index (χ0n) is 10.8. The van der Waals surface area contributed by atoms with Crippen LogP contribution in [0.5, 0.6) is 5.88 Å². The molecule has 9 heteroatoms. The average molecular weight is 319 g/mol. The number of methoxy groups -OCH3 is 1. The highest BCUT2D eigenvalue weighted by Gasteiger charge is 2.29. The van der Waals surface area contributed by atoms with Gasteiger partial charge >= 0.3 is 5.97 Å². The summed E-state index contributed by atoms with van der Waals surface area (Å²) in [5.74, 6) is -12.8. The highest BCUT2D eigenvalue weighted by Crippen LogP contribution is 2.34. The molecule has 0 aliphatic carbocycles. The van der Waals surface area contributed by atoms with Crippen LogP contribution in [0, 0.1) is 29.1 Å². The lowest BCUT2D eigenvalue weighted by molar-refractivity contribution is 0.0697. The number of nitrogens with zero attached hydrogens (tertiary/aromatic N) is 1. The first kappa shape index (κ1) is 15.7. The van der Waals surface area contributed by atoms with Crippen LogP contribution in [-0.2, 0) is 0 Å². The number of carboxylic acids is 1. The predicted molar refractivity (Wildman–Crippen MR) is 63.0 cm³/mol. The van der Waals surface area contributed by atoms with Crippen molar-refractivity contribution < 1.29 is 36.6 Å². The van der Waals surface area contributed by atoms with Crippen molar-refractivity contribution in [3.63, 3.8) is 0 Å². The topological polar surface area (TPSA) is 59.4 Å². The summed E-state index contributed by atoms with van der Waals surface area (Å²) in [4.78, 5) is 14.7. The molecule has 0 radical (unpaired) electrons. The SMILES string of the molecule is COc1cc(C(=O)O)c(-c2c(F)c(F)c(F)c(F)c2F)cn1. The normalized spacial score (nSPS) is 10.6. The van der Waals surface area contributed by atoms with Crippen LogP contribution in [0.4, 0.5) is 22.0 Å². The molecule has 0 spiro atoms. The number of pyridine rings is 1. The second-order valence-corrected chi connectivity index (χ2v) is 4.02. The van der Waals surface area contributed by atoms with Gasteiger partial charge in [-0.15, -0.1) is 0 Å². The van der Waals surface area contributed by atoms with Crippen molar-refractivity contribution in [1.82, 2.24) is 4.98 Å². The second kappa shape index (κ2) is 5.58. The van der Waals surface area contributed by atoms with Crippen molar-refractivity contribution in [3.05, 3.63) is 46.9 Å². The first-order valence-electron chi connectivity index (χ1n) is 5.58. The number of carboxylic acid groups (broad SMARTS) is 1. The molecule has 1 N–H and O–H groups in total. The number of hydrogen-bond acceptors (Lipinski definition) is 3. The van der Waals surface area contributed by atoms with Crippen LogP contribution in [0.2, 0.25) is 0 Å². The van der Waals surface area contributed by atoms with E-state index in [0.717, 1.165) is 13.2 Å². The molecule has 1 aromatic carbocycles. The molecule has 4 nitrogen and oxygen atoms in total. The van der Waals surface area contributed by atoms with Gasteiger partial charge in [0.15, 0.2) is 23.3 Å². The molecular formula is C13H6F5NO3. The molecular weight excluding hydrogens is 313 g/mol. The van der Waals surface area contributed by atoms with E-state index >= 15 is 0 Å². The Morgan fingerprint density at radius 2 is 1.55 bits per heavy atom. The van der Waals surface area contributed by atoms with E-state index in [-0.39, 0.29) is 5.88 Å². The molecule has 2 rings (SSSR count). The van der Waals surface area contributed by atoms with Gasteiger partial charge in [0.1, 0.15) is 0 Å². The Morgan fingerprint density at radius 1 is 1.05 bits per heavy atom. The molecule has 0 saturated heterocycles. The van der Waals surface area contributed by atoms with Crippen LogP contribution < -0.4 is 4.74 Å². The zero-order valence-corrected chi connectivity index (χ0v) is 10.8. The quantitative estimate of drug-likeness (QED) is 0.536. The summed E-state index contributed by atoms with van der Waals surface area (Å²) in [6.07, 6.45) is 0.653. The van der Waals surface area contributed by atoms with Gasteiger partial charge in [0, 0.05) is 17.8 Å². The summed E-state index contributed by atoms with van der Waals surface area (Å²) in [6, 6.07) is 0.801. The third-order valence-electron chi connectivity index (χ3n) is 2.80. The van der Waals surface area contributed by atoms with Gasteiger partial charge in [-0.2, -0.15) is 0 Å². The largest absolute Gasteiger partial charge is 0.481 e. The van der Waals surface area contributed by atoms with E-state index in [0.29, 0.717) is 6.20 Å². The van der Waals surface area contributed by atoms with Gasteiger partial charge in [0.25, 0.3) is 0 Å². The first-order chi connectivity index (χ1) is 10.3. The van der Waals surface area contributed by atoms with Crippen molar-refractivity contribution in [3.8, 4) is 17.0 Å². The maximum absolute atomic E-state index is 13.7. The van der Waals surface area contributed by atoms with Crippen LogP contribution in [0.1, 0.15) is 10.4 Å². The van der Waals surface area contributed by atoms with Crippen molar-refractivity contribution in [2.24, 2.45) is 0 Å². The molecule has 0 fully saturated rings.